The van der Waals surface area contributed by atoms with Gasteiger partial charge < -0.3 is 19.9 Å². The zero-order valence-corrected chi connectivity index (χ0v) is 14.8. The predicted octanol–water partition coefficient (Wildman–Crippen LogP) is 1.75. The minimum absolute atomic E-state index is 0.0660. The highest BCUT2D eigenvalue weighted by Crippen LogP contribution is 2.43. The molecule has 0 bridgehead atoms. The third-order valence-corrected chi connectivity index (χ3v) is 4.09. The van der Waals surface area contributed by atoms with E-state index in [0.29, 0.717) is 17.2 Å². The summed E-state index contributed by atoms with van der Waals surface area (Å²) in [5.74, 6) is -0.916. The molecule has 0 spiro atoms. The van der Waals surface area contributed by atoms with Crippen LogP contribution in [0.5, 0.6) is 11.5 Å². The van der Waals surface area contributed by atoms with E-state index >= 15 is 0 Å². The number of aromatic nitrogens is 3. The molecule has 0 radical (unpaired) electrons. The molecule has 1 aromatic heterocycles. The number of phenols is 1. The number of hydrogen-bond acceptors (Lipinski definition) is 9. The Hall–Kier alpha value is -3.63. The van der Waals surface area contributed by atoms with Crippen LogP contribution in [0, 0.1) is 10.1 Å². The molecule has 0 amide bonds. The first-order chi connectivity index (χ1) is 12.9. The van der Waals surface area contributed by atoms with E-state index in [1.807, 2.05) is 0 Å². The van der Waals surface area contributed by atoms with Gasteiger partial charge in [-0.2, -0.15) is 10.1 Å². The van der Waals surface area contributed by atoms with Gasteiger partial charge in [-0.3, -0.25) is 10.1 Å². The second-order valence-electron chi connectivity index (χ2n) is 5.66. The Bertz CT molecular complexity index is 951. The maximum absolute atomic E-state index is 12.4. The molecule has 1 atom stereocenters. The van der Waals surface area contributed by atoms with E-state index in [0.717, 1.165) is 0 Å². The van der Waals surface area contributed by atoms with Crippen LogP contribution in [0.15, 0.2) is 29.7 Å². The number of allylic oxidation sites excluding steroid dienone is 1. The molecule has 1 aromatic carbocycles. The highest BCUT2D eigenvalue weighted by atomic mass is 16.6. The SMILES string of the molecule is CCOc1cc(C2C(C(=O)OC)=C(C)Nc3ncnn32)cc([N+](=O)[O-])c1O. The molecule has 0 fully saturated rings. The van der Waals surface area contributed by atoms with Gasteiger partial charge in [0.05, 0.1) is 24.2 Å². The Morgan fingerprint density at radius 3 is 2.85 bits per heavy atom. The number of nitro benzene ring substituents is 1. The number of carbonyl (C=O) groups excluding carboxylic acids is 1. The van der Waals surface area contributed by atoms with Crippen molar-refractivity contribution in [3.8, 4) is 11.5 Å². The summed E-state index contributed by atoms with van der Waals surface area (Å²) in [6.07, 6.45) is 1.29. The second-order valence-corrected chi connectivity index (χ2v) is 5.66. The lowest BCUT2D eigenvalue weighted by atomic mass is 9.95. The third kappa shape index (κ3) is 3.03. The van der Waals surface area contributed by atoms with E-state index in [4.69, 9.17) is 9.47 Å². The van der Waals surface area contributed by atoms with Crippen molar-refractivity contribution >= 4 is 17.6 Å². The maximum Gasteiger partial charge on any atom is 0.338 e. The average Bonchev–Trinajstić information content (AvgIpc) is 3.09. The molecule has 1 aliphatic rings. The van der Waals surface area contributed by atoms with Gasteiger partial charge in [0.25, 0.3) is 0 Å². The predicted molar refractivity (Wildman–Crippen MR) is 92.4 cm³/mol. The molecule has 0 saturated heterocycles. The van der Waals surface area contributed by atoms with Crippen molar-refractivity contribution in [3.63, 3.8) is 0 Å². The quantitative estimate of drug-likeness (QED) is 0.454. The first kappa shape index (κ1) is 18.2. The Kier molecular flexibility index (Phi) is 4.67. The number of carbonyl (C=O) groups is 1. The van der Waals surface area contributed by atoms with Gasteiger partial charge in [0, 0.05) is 11.8 Å². The third-order valence-electron chi connectivity index (χ3n) is 4.09. The molecule has 2 N–H and O–H groups in total. The number of methoxy groups -OCH3 is 1. The lowest BCUT2D eigenvalue weighted by molar-refractivity contribution is -0.386. The Morgan fingerprint density at radius 2 is 2.22 bits per heavy atom. The van der Waals surface area contributed by atoms with Crippen LogP contribution in [0.2, 0.25) is 0 Å². The summed E-state index contributed by atoms with van der Waals surface area (Å²) in [7, 11) is 1.24. The normalized spacial score (nSPS) is 15.7. The molecule has 2 aromatic rings. The fraction of sp³-hybridized carbons (Fsp3) is 0.312. The fourth-order valence-electron chi connectivity index (χ4n) is 2.95. The number of nitrogens with one attached hydrogen (secondary N) is 1. The molecule has 1 unspecified atom stereocenters. The molecule has 0 aliphatic carbocycles. The first-order valence-electron chi connectivity index (χ1n) is 7.98. The summed E-state index contributed by atoms with van der Waals surface area (Å²) in [5.41, 5.74) is 0.452. The van der Waals surface area contributed by atoms with Gasteiger partial charge in [0.1, 0.15) is 12.4 Å². The van der Waals surface area contributed by atoms with Crippen molar-refractivity contribution in [3.05, 3.63) is 45.4 Å². The Morgan fingerprint density at radius 1 is 1.48 bits per heavy atom. The van der Waals surface area contributed by atoms with E-state index in [9.17, 15) is 20.0 Å². The lowest BCUT2D eigenvalue weighted by Crippen LogP contribution is -2.29. The highest BCUT2D eigenvalue weighted by Gasteiger charge is 2.36. The standard InChI is InChI=1S/C16H17N5O6/c1-4-27-11-6-9(5-10(14(11)22)21(24)25)13-12(15(23)26-3)8(2)19-16-17-7-18-20(13)16/h5-7,13,22H,4H2,1-3H3,(H,17,18,19). The number of phenolic OH excluding ortho intramolecular Hbond substituents is 1. The van der Waals surface area contributed by atoms with Gasteiger partial charge >= 0.3 is 11.7 Å². The molecule has 3 rings (SSSR count). The highest BCUT2D eigenvalue weighted by molar-refractivity contribution is 5.92. The number of benzene rings is 1. The van der Waals surface area contributed by atoms with E-state index in [1.54, 1.807) is 13.8 Å². The van der Waals surface area contributed by atoms with Gasteiger partial charge in [-0.25, -0.2) is 9.48 Å². The molecule has 1 aliphatic heterocycles. The second kappa shape index (κ2) is 6.94. The number of ether oxygens (including phenoxy) is 2. The molecular weight excluding hydrogens is 358 g/mol. The number of aromatic hydroxyl groups is 1. The minimum atomic E-state index is -0.852. The van der Waals surface area contributed by atoms with Crippen molar-refractivity contribution in [2.45, 2.75) is 19.9 Å². The van der Waals surface area contributed by atoms with E-state index in [2.05, 4.69) is 15.4 Å². The van der Waals surface area contributed by atoms with Crippen molar-refractivity contribution in [2.24, 2.45) is 0 Å². The topological polar surface area (TPSA) is 142 Å². The van der Waals surface area contributed by atoms with Crippen LogP contribution in [0.3, 0.4) is 0 Å². The van der Waals surface area contributed by atoms with Gasteiger partial charge in [0.15, 0.2) is 5.75 Å². The van der Waals surface area contributed by atoms with E-state index in [1.165, 1.54) is 30.3 Å². The molecule has 0 saturated carbocycles. The van der Waals surface area contributed by atoms with Crippen LogP contribution in [-0.2, 0) is 9.53 Å². The van der Waals surface area contributed by atoms with Crippen LogP contribution in [-0.4, -0.2) is 44.5 Å². The number of anilines is 1. The fourth-order valence-corrected chi connectivity index (χ4v) is 2.95. The number of rotatable bonds is 5. The average molecular weight is 375 g/mol. The Labute approximate surface area is 153 Å². The van der Waals surface area contributed by atoms with Crippen molar-refractivity contribution < 1.29 is 24.3 Å². The van der Waals surface area contributed by atoms with Gasteiger partial charge in [-0.05, 0) is 25.5 Å². The zero-order valence-electron chi connectivity index (χ0n) is 14.8. The summed E-state index contributed by atoms with van der Waals surface area (Å²) >= 11 is 0. The van der Waals surface area contributed by atoms with E-state index < -0.39 is 28.4 Å². The van der Waals surface area contributed by atoms with Crippen molar-refractivity contribution in [1.82, 2.24) is 14.8 Å². The van der Waals surface area contributed by atoms with Crippen LogP contribution in [0.1, 0.15) is 25.5 Å². The summed E-state index contributed by atoms with van der Waals surface area (Å²) < 4.78 is 11.6. The molecular formula is C16H17N5O6. The van der Waals surface area contributed by atoms with Gasteiger partial charge in [0.2, 0.25) is 11.7 Å². The largest absolute Gasteiger partial charge is 0.500 e. The lowest BCUT2D eigenvalue weighted by Gasteiger charge is -2.28. The Balaban J connectivity index is 2.27. The number of esters is 1. The number of fused-ring (bicyclic) bond motifs is 1. The molecule has 27 heavy (non-hydrogen) atoms. The zero-order chi connectivity index (χ0) is 19.7. The molecule has 11 heteroatoms. The van der Waals surface area contributed by atoms with Crippen LogP contribution in [0.25, 0.3) is 0 Å². The molecule has 11 nitrogen and oxygen atoms in total. The maximum atomic E-state index is 12.4. The monoisotopic (exact) mass is 375 g/mol. The van der Waals surface area contributed by atoms with Crippen molar-refractivity contribution in [1.29, 1.82) is 0 Å². The molecule has 142 valence electrons. The first-order valence-corrected chi connectivity index (χ1v) is 7.98. The summed E-state index contributed by atoms with van der Waals surface area (Å²) in [6.45, 7) is 3.53. The van der Waals surface area contributed by atoms with Gasteiger partial charge in [-0.1, -0.05) is 0 Å². The van der Waals surface area contributed by atoms with Crippen LogP contribution < -0.4 is 10.1 Å². The van der Waals surface area contributed by atoms with Crippen LogP contribution >= 0.6 is 0 Å². The van der Waals surface area contributed by atoms with Crippen molar-refractivity contribution in [2.75, 3.05) is 19.0 Å². The van der Waals surface area contributed by atoms with E-state index in [-0.39, 0.29) is 17.9 Å². The van der Waals surface area contributed by atoms with Gasteiger partial charge in [-0.15, -0.1) is 0 Å². The number of nitro groups is 1. The summed E-state index contributed by atoms with van der Waals surface area (Å²) in [6, 6.07) is 1.76. The molecule has 2 heterocycles. The smallest absolute Gasteiger partial charge is 0.338 e. The van der Waals surface area contributed by atoms with Crippen LogP contribution in [0.4, 0.5) is 11.6 Å². The number of nitrogens with zero attached hydrogens (tertiary/aromatic N) is 4. The summed E-state index contributed by atoms with van der Waals surface area (Å²) in [5, 5.41) is 28.6. The minimum Gasteiger partial charge on any atom is -0.500 e. The number of hydrogen-bond donors (Lipinski definition) is 2. The summed E-state index contributed by atoms with van der Waals surface area (Å²) in [4.78, 5) is 27.1.